The fourth-order valence-corrected chi connectivity index (χ4v) is 2.15. The second kappa shape index (κ2) is 4.26. The summed E-state index contributed by atoms with van der Waals surface area (Å²) in [6, 6.07) is 8.91. The maximum atomic E-state index is 2.35. The van der Waals surface area contributed by atoms with Crippen LogP contribution in [0, 0.1) is 0 Å². The second-order valence-corrected chi connectivity index (χ2v) is 6.30. The first kappa shape index (κ1) is 9.27. The Kier molecular flexibility index (Phi) is 3.29. The van der Waals surface area contributed by atoms with E-state index in [1.165, 1.54) is 5.56 Å². The van der Waals surface area contributed by atoms with E-state index in [9.17, 15) is 0 Å². The SMILES string of the molecule is CC=Cc1ccc([SiH](C)C)cc1. The van der Waals surface area contributed by atoms with Crippen molar-refractivity contribution in [1.82, 2.24) is 0 Å². The van der Waals surface area contributed by atoms with Crippen LogP contribution in [-0.2, 0) is 0 Å². The van der Waals surface area contributed by atoms with Crippen molar-refractivity contribution in [3.05, 3.63) is 35.9 Å². The Labute approximate surface area is 76.5 Å². The highest BCUT2D eigenvalue weighted by molar-refractivity contribution is 6.70. The lowest BCUT2D eigenvalue weighted by molar-refractivity contribution is 1.66. The van der Waals surface area contributed by atoms with Gasteiger partial charge in [0.25, 0.3) is 0 Å². The van der Waals surface area contributed by atoms with Gasteiger partial charge in [0, 0.05) is 0 Å². The highest BCUT2D eigenvalue weighted by Crippen LogP contribution is 2.00. The zero-order valence-electron chi connectivity index (χ0n) is 8.04. The molecule has 1 aromatic carbocycles. The van der Waals surface area contributed by atoms with Gasteiger partial charge in [0.15, 0.2) is 0 Å². The first-order valence-corrected chi connectivity index (χ1v) is 7.35. The quantitative estimate of drug-likeness (QED) is 0.607. The molecule has 0 unspecified atom stereocenters. The van der Waals surface area contributed by atoms with Gasteiger partial charge in [-0.25, -0.2) is 0 Å². The Hall–Kier alpha value is -0.823. The topological polar surface area (TPSA) is 0 Å². The summed E-state index contributed by atoms with van der Waals surface area (Å²) >= 11 is 0. The minimum absolute atomic E-state index is 0.593. The zero-order chi connectivity index (χ0) is 8.97. The van der Waals surface area contributed by atoms with Gasteiger partial charge in [0.2, 0.25) is 0 Å². The van der Waals surface area contributed by atoms with Gasteiger partial charge in [-0.05, 0) is 12.5 Å². The molecule has 0 bridgehead atoms. The van der Waals surface area contributed by atoms with Crippen molar-refractivity contribution >= 4 is 20.1 Å². The smallest absolute Gasteiger partial charge is 0.0647 e. The molecule has 64 valence electrons. The molecule has 0 aromatic heterocycles. The second-order valence-electron chi connectivity index (χ2n) is 3.32. The molecule has 1 heteroatoms. The predicted molar refractivity (Wildman–Crippen MR) is 59.7 cm³/mol. The van der Waals surface area contributed by atoms with Crippen LogP contribution in [0.3, 0.4) is 0 Å². The summed E-state index contributed by atoms with van der Waals surface area (Å²) in [5, 5.41) is 1.54. The normalized spacial score (nSPS) is 11.3. The predicted octanol–water partition coefficient (Wildman–Crippen LogP) is 2.41. The molecule has 0 fully saturated rings. The van der Waals surface area contributed by atoms with Crippen molar-refractivity contribution in [2.45, 2.75) is 20.0 Å². The van der Waals surface area contributed by atoms with Gasteiger partial charge in [-0.1, -0.05) is 54.7 Å². The van der Waals surface area contributed by atoms with E-state index in [0.717, 1.165) is 0 Å². The first-order valence-electron chi connectivity index (χ1n) is 4.46. The number of hydrogen-bond donors (Lipinski definition) is 0. The molecular formula is C11H16Si. The van der Waals surface area contributed by atoms with Crippen LogP contribution in [-0.4, -0.2) is 8.80 Å². The Bertz CT molecular complexity index is 257. The molecule has 0 atom stereocenters. The molecule has 0 nitrogen and oxygen atoms in total. The largest absolute Gasteiger partial charge is 0.0871 e. The lowest BCUT2D eigenvalue weighted by atomic mass is 10.2. The van der Waals surface area contributed by atoms with Crippen LogP contribution in [0.25, 0.3) is 6.08 Å². The van der Waals surface area contributed by atoms with E-state index in [1.54, 1.807) is 5.19 Å². The standard InChI is InChI=1S/C11H16Si/c1-4-5-10-6-8-11(9-7-10)12(2)3/h4-9,12H,1-3H3. The van der Waals surface area contributed by atoms with E-state index in [1.807, 2.05) is 6.92 Å². The molecule has 0 aliphatic heterocycles. The summed E-state index contributed by atoms with van der Waals surface area (Å²) in [7, 11) is -0.593. The third kappa shape index (κ3) is 2.34. The van der Waals surface area contributed by atoms with Crippen LogP contribution < -0.4 is 5.19 Å². The van der Waals surface area contributed by atoms with Crippen LogP contribution in [0.2, 0.25) is 13.1 Å². The number of benzene rings is 1. The molecule has 0 amide bonds. The minimum Gasteiger partial charge on any atom is -0.0871 e. The van der Waals surface area contributed by atoms with E-state index < -0.39 is 8.80 Å². The molecule has 12 heavy (non-hydrogen) atoms. The molecule has 0 aliphatic carbocycles. The van der Waals surface area contributed by atoms with E-state index in [-0.39, 0.29) is 0 Å². The third-order valence-corrected chi connectivity index (χ3v) is 3.68. The van der Waals surface area contributed by atoms with Crippen LogP contribution in [0.4, 0.5) is 0 Å². The Morgan fingerprint density at radius 1 is 1.08 bits per heavy atom. The van der Waals surface area contributed by atoms with E-state index in [2.05, 4.69) is 49.5 Å². The molecule has 0 saturated carbocycles. The lowest BCUT2D eigenvalue weighted by Gasteiger charge is -2.02. The Morgan fingerprint density at radius 2 is 1.67 bits per heavy atom. The molecule has 0 saturated heterocycles. The third-order valence-electron chi connectivity index (χ3n) is 1.96. The van der Waals surface area contributed by atoms with Crippen molar-refractivity contribution < 1.29 is 0 Å². The summed E-state index contributed by atoms with van der Waals surface area (Å²) in [5.41, 5.74) is 1.30. The summed E-state index contributed by atoms with van der Waals surface area (Å²) < 4.78 is 0. The van der Waals surface area contributed by atoms with Gasteiger partial charge < -0.3 is 0 Å². The molecule has 0 radical (unpaired) electrons. The van der Waals surface area contributed by atoms with Gasteiger partial charge in [-0.2, -0.15) is 0 Å². The monoisotopic (exact) mass is 176 g/mol. The number of allylic oxidation sites excluding steroid dienone is 1. The first-order chi connectivity index (χ1) is 5.74. The molecular weight excluding hydrogens is 160 g/mol. The van der Waals surface area contributed by atoms with Crippen LogP contribution in [0.1, 0.15) is 12.5 Å². The minimum atomic E-state index is -0.593. The molecule has 0 spiro atoms. The maximum Gasteiger partial charge on any atom is 0.0647 e. The highest BCUT2D eigenvalue weighted by atomic mass is 28.3. The zero-order valence-corrected chi connectivity index (χ0v) is 9.20. The number of rotatable bonds is 2. The Balaban J connectivity index is 2.85. The highest BCUT2D eigenvalue weighted by Gasteiger charge is 1.97. The van der Waals surface area contributed by atoms with Crippen molar-refractivity contribution in [2.24, 2.45) is 0 Å². The van der Waals surface area contributed by atoms with Gasteiger partial charge >= 0.3 is 0 Å². The summed E-state index contributed by atoms with van der Waals surface area (Å²) in [4.78, 5) is 0. The average molecular weight is 176 g/mol. The van der Waals surface area contributed by atoms with Crippen LogP contribution >= 0.6 is 0 Å². The van der Waals surface area contributed by atoms with Crippen molar-refractivity contribution in [2.75, 3.05) is 0 Å². The van der Waals surface area contributed by atoms with Crippen LogP contribution in [0.5, 0.6) is 0 Å². The van der Waals surface area contributed by atoms with E-state index in [4.69, 9.17) is 0 Å². The lowest BCUT2D eigenvalue weighted by Crippen LogP contribution is -2.21. The van der Waals surface area contributed by atoms with Crippen LogP contribution in [0.15, 0.2) is 30.3 Å². The fourth-order valence-electron chi connectivity index (χ4n) is 1.18. The van der Waals surface area contributed by atoms with E-state index in [0.29, 0.717) is 0 Å². The maximum absolute atomic E-state index is 2.35. The summed E-state index contributed by atoms with van der Waals surface area (Å²) in [5.74, 6) is 0. The van der Waals surface area contributed by atoms with Gasteiger partial charge in [0.05, 0.1) is 8.80 Å². The Morgan fingerprint density at radius 3 is 2.08 bits per heavy atom. The number of hydrogen-bond acceptors (Lipinski definition) is 0. The van der Waals surface area contributed by atoms with Gasteiger partial charge in [-0.3, -0.25) is 0 Å². The molecule has 1 rings (SSSR count). The van der Waals surface area contributed by atoms with Gasteiger partial charge in [0.1, 0.15) is 0 Å². The molecule has 1 aromatic rings. The molecule has 0 heterocycles. The van der Waals surface area contributed by atoms with Gasteiger partial charge in [-0.15, -0.1) is 0 Å². The summed E-state index contributed by atoms with van der Waals surface area (Å²) in [6.07, 6.45) is 4.20. The molecule has 0 N–H and O–H groups in total. The van der Waals surface area contributed by atoms with Crippen molar-refractivity contribution in [3.63, 3.8) is 0 Å². The average Bonchev–Trinajstić information content (AvgIpc) is 2.06. The van der Waals surface area contributed by atoms with E-state index >= 15 is 0 Å². The van der Waals surface area contributed by atoms with Crippen molar-refractivity contribution in [1.29, 1.82) is 0 Å². The summed E-state index contributed by atoms with van der Waals surface area (Å²) in [6.45, 7) is 6.75. The van der Waals surface area contributed by atoms with Crippen molar-refractivity contribution in [3.8, 4) is 0 Å². The molecule has 0 aliphatic rings. The fraction of sp³-hybridized carbons (Fsp3) is 0.273.